The Morgan fingerprint density at radius 1 is 1.33 bits per heavy atom. The van der Waals surface area contributed by atoms with Crippen molar-refractivity contribution in [3.8, 4) is 5.75 Å². The lowest BCUT2D eigenvalue weighted by molar-refractivity contribution is 0.160. The summed E-state index contributed by atoms with van der Waals surface area (Å²) in [5, 5.41) is 3.59. The average molecular weight is 486 g/mol. The molecule has 2 rings (SSSR count). The number of hydrogen-bond donors (Lipinski definition) is 1. The van der Waals surface area contributed by atoms with Crippen molar-refractivity contribution in [3.05, 3.63) is 25.6 Å². The molecule has 0 saturated carbocycles. The number of rotatable bonds is 7. The maximum atomic E-state index is 6.06. The van der Waals surface area contributed by atoms with E-state index < -0.39 is 0 Å². The Kier molecular flexibility index (Phi) is 7.49. The molecule has 0 aromatic heterocycles. The minimum atomic E-state index is 0.329. The third-order valence-electron chi connectivity index (χ3n) is 3.56. The van der Waals surface area contributed by atoms with Gasteiger partial charge in [-0.3, -0.25) is 0 Å². The molecule has 1 fully saturated rings. The molecule has 118 valence electrons. The molecular weight excluding hydrogens is 466 g/mol. The Balaban J connectivity index is 2.00. The number of benzene rings is 1. The van der Waals surface area contributed by atoms with Crippen LogP contribution < -0.4 is 10.1 Å². The summed E-state index contributed by atoms with van der Waals surface area (Å²) in [5.41, 5.74) is 0. The Hall–Kier alpha value is 0.380. The Labute approximate surface area is 151 Å². The molecule has 1 aliphatic rings. The highest BCUT2D eigenvalue weighted by Gasteiger charge is 2.26. The first kappa shape index (κ1) is 17.7. The van der Waals surface area contributed by atoms with Crippen LogP contribution in [0.4, 0.5) is 0 Å². The van der Waals surface area contributed by atoms with Gasteiger partial charge in [-0.15, -0.1) is 0 Å². The molecule has 1 aromatic carbocycles. The van der Waals surface area contributed by atoms with Gasteiger partial charge in [0.15, 0.2) is 0 Å². The molecular formula is C15H20Br3NO2. The van der Waals surface area contributed by atoms with Gasteiger partial charge in [-0.1, -0.05) is 22.9 Å². The number of halogens is 3. The molecule has 1 heterocycles. The van der Waals surface area contributed by atoms with Crippen molar-refractivity contribution in [3.63, 3.8) is 0 Å². The molecule has 0 spiro atoms. The van der Waals surface area contributed by atoms with Crippen LogP contribution in [0.1, 0.15) is 19.8 Å². The molecule has 1 saturated heterocycles. The summed E-state index contributed by atoms with van der Waals surface area (Å²) in [6, 6.07) is 4.32. The first-order chi connectivity index (χ1) is 10.1. The lowest BCUT2D eigenvalue weighted by Crippen LogP contribution is -2.41. The third kappa shape index (κ3) is 5.20. The third-order valence-corrected chi connectivity index (χ3v) is 5.20. The van der Waals surface area contributed by atoms with Crippen LogP contribution in [0, 0.1) is 5.92 Å². The quantitative estimate of drug-likeness (QED) is 0.604. The van der Waals surface area contributed by atoms with Crippen LogP contribution in [-0.2, 0) is 4.74 Å². The van der Waals surface area contributed by atoms with Crippen molar-refractivity contribution in [1.29, 1.82) is 0 Å². The summed E-state index contributed by atoms with van der Waals surface area (Å²) >= 11 is 10.6. The van der Waals surface area contributed by atoms with Gasteiger partial charge in [-0.05, 0) is 63.4 Å². The van der Waals surface area contributed by atoms with E-state index in [1.807, 2.05) is 12.1 Å². The minimum Gasteiger partial charge on any atom is -0.490 e. The first-order valence-corrected chi connectivity index (χ1v) is 9.58. The lowest BCUT2D eigenvalue weighted by atomic mass is 9.99. The van der Waals surface area contributed by atoms with Gasteiger partial charge in [0.05, 0.1) is 15.6 Å². The summed E-state index contributed by atoms with van der Waals surface area (Å²) in [6.07, 6.45) is 2.23. The van der Waals surface area contributed by atoms with Gasteiger partial charge in [0, 0.05) is 23.0 Å². The topological polar surface area (TPSA) is 30.5 Å². The predicted octanol–water partition coefficient (Wildman–Crippen LogP) is 4.76. The normalized spacial score (nSPS) is 19.7. The molecule has 1 aromatic rings. The van der Waals surface area contributed by atoms with Crippen molar-refractivity contribution >= 4 is 47.8 Å². The van der Waals surface area contributed by atoms with Crippen LogP contribution in [0.15, 0.2) is 25.6 Å². The zero-order valence-corrected chi connectivity index (χ0v) is 16.8. The van der Waals surface area contributed by atoms with Crippen LogP contribution in [0.3, 0.4) is 0 Å². The van der Waals surface area contributed by atoms with E-state index in [0.29, 0.717) is 18.6 Å². The molecule has 1 N–H and O–H groups in total. The van der Waals surface area contributed by atoms with E-state index in [-0.39, 0.29) is 0 Å². The fourth-order valence-corrected chi connectivity index (χ4v) is 4.89. The summed E-state index contributed by atoms with van der Waals surface area (Å²) in [4.78, 5) is 0. The van der Waals surface area contributed by atoms with Gasteiger partial charge in [0.2, 0.25) is 0 Å². The van der Waals surface area contributed by atoms with E-state index in [2.05, 4.69) is 60.0 Å². The maximum absolute atomic E-state index is 6.06. The highest BCUT2D eigenvalue weighted by atomic mass is 79.9. The second-order valence-electron chi connectivity index (χ2n) is 5.19. The standard InChI is InChI=1S/C15H20Br3NO2/c1-2-4-19-14(10-3-5-20-8-10)9-21-15-12(17)6-11(16)7-13(15)18/h6-7,10,14,19H,2-5,8-9H2,1H3. The molecule has 0 amide bonds. The summed E-state index contributed by atoms with van der Waals surface area (Å²) < 4.78 is 14.5. The van der Waals surface area contributed by atoms with Crippen LogP contribution in [0.25, 0.3) is 0 Å². The highest BCUT2D eigenvalue weighted by molar-refractivity contribution is 9.11. The number of nitrogens with one attached hydrogen (secondary N) is 1. The van der Waals surface area contributed by atoms with Gasteiger partial charge in [0.25, 0.3) is 0 Å². The second-order valence-corrected chi connectivity index (χ2v) is 7.82. The first-order valence-electron chi connectivity index (χ1n) is 7.20. The lowest BCUT2D eigenvalue weighted by Gasteiger charge is -2.24. The molecule has 2 atom stereocenters. The number of ether oxygens (including phenoxy) is 2. The van der Waals surface area contributed by atoms with E-state index in [4.69, 9.17) is 9.47 Å². The molecule has 0 bridgehead atoms. The fraction of sp³-hybridized carbons (Fsp3) is 0.600. The summed E-state index contributed by atoms with van der Waals surface area (Å²) in [7, 11) is 0. The zero-order chi connectivity index (χ0) is 15.2. The van der Waals surface area contributed by atoms with Crippen LogP contribution in [0.5, 0.6) is 5.75 Å². The number of hydrogen-bond acceptors (Lipinski definition) is 3. The van der Waals surface area contributed by atoms with E-state index in [1.54, 1.807) is 0 Å². The zero-order valence-electron chi connectivity index (χ0n) is 12.0. The van der Waals surface area contributed by atoms with Gasteiger partial charge >= 0.3 is 0 Å². The average Bonchev–Trinajstić information content (AvgIpc) is 2.94. The largest absolute Gasteiger partial charge is 0.490 e. The Morgan fingerprint density at radius 2 is 2.05 bits per heavy atom. The molecule has 6 heteroatoms. The molecule has 21 heavy (non-hydrogen) atoms. The van der Waals surface area contributed by atoms with Crippen molar-refractivity contribution in [2.75, 3.05) is 26.4 Å². The Morgan fingerprint density at radius 3 is 2.62 bits per heavy atom. The van der Waals surface area contributed by atoms with Gasteiger partial charge < -0.3 is 14.8 Å². The van der Waals surface area contributed by atoms with E-state index in [9.17, 15) is 0 Å². The van der Waals surface area contributed by atoms with Gasteiger partial charge in [-0.25, -0.2) is 0 Å². The van der Waals surface area contributed by atoms with Crippen LogP contribution in [-0.4, -0.2) is 32.4 Å². The smallest absolute Gasteiger partial charge is 0.147 e. The Bertz CT molecular complexity index is 441. The monoisotopic (exact) mass is 483 g/mol. The fourth-order valence-electron chi connectivity index (χ4n) is 2.40. The second kappa shape index (κ2) is 8.87. The highest BCUT2D eigenvalue weighted by Crippen LogP contribution is 2.36. The van der Waals surface area contributed by atoms with Gasteiger partial charge in [0.1, 0.15) is 12.4 Å². The van der Waals surface area contributed by atoms with Crippen molar-refractivity contribution in [1.82, 2.24) is 5.32 Å². The van der Waals surface area contributed by atoms with Crippen LogP contribution in [0.2, 0.25) is 0 Å². The molecule has 0 aliphatic carbocycles. The van der Waals surface area contributed by atoms with E-state index in [1.165, 1.54) is 0 Å². The molecule has 0 radical (unpaired) electrons. The maximum Gasteiger partial charge on any atom is 0.147 e. The molecule has 2 unspecified atom stereocenters. The molecule has 3 nitrogen and oxygen atoms in total. The minimum absolute atomic E-state index is 0.329. The summed E-state index contributed by atoms with van der Waals surface area (Å²) in [6.45, 7) is 5.52. The summed E-state index contributed by atoms with van der Waals surface area (Å²) in [5.74, 6) is 1.38. The van der Waals surface area contributed by atoms with E-state index in [0.717, 1.165) is 51.8 Å². The van der Waals surface area contributed by atoms with Crippen molar-refractivity contribution in [2.45, 2.75) is 25.8 Å². The predicted molar refractivity (Wildman–Crippen MR) is 96.0 cm³/mol. The van der Waals surface area contributed by atoms with Crippen molar-refractivity contribution < 1.29 is 9.47 Å². The van der Waals surface area contributed by atoms with Gasteiger partial charge in [-0.2, -0.15) is 0 Å². The van der Waals surface area contributed by atoms with Crippen molar-refractivity contribution in [2.24, 2.45) is 5.92 Å². The molecule has 1 aliphatic heterocycles. The van der Waals surface area contributed by atoms with E-state index >= 15 is 0 Å². The SMILES string of the molecule is CCCNC(COc1c(Br)cc(Br)cc1Br)C1CCOC1. The van der Waals surface area contributed by atoms with Crippen LogP contribution >= 0.6 is 47.8 Å².